The summed E-state index contributed by atoms with van der Waals surface area (Å²) in [7, 11) is 0. The maximum Gasteiger partial charge on any atom is 0.346 e. The number of benzene rings is 4. The highest BCUT2D eigenvalue weighted by molar-refractivity contribution is 6.32. The summed E-state index contributed by atoms with van der Waals surface area (Å²) in [5.41, 5.74) is 0.530. The zero-order valence-electron chi connectivity index (χ0n) is 19.7. The lowest BCUT2D eigenvalue weighted by atomic mass is 9.78. The van der Waals surface area contributed by atoms with Gasteiger partial charge in [0.25, 0.3) is 0 Å². The molecule has 0 atom stereocenters. The summed E-state index contributed by atoms with van der Waals surface area (Å²) in [4.78, 5) is 24.7. The molecule has 0 radical (unpaired) electrons. The number of halogens is 4. The van der Waals surface area contributed by atoms with Crippen molar-refractivity contribution in [2.75, 3.05) is 0 Å². The van der Waals surface area contributed by atoms with Crippen LogP contribution < -0.4 is 9.47 Å². The van der Waals surface area contributed by atoms with Gasteiger partial charge in [-0.3, -0.25) is 0 Å². The van der Waals surface area contributed by atoms with E-state index in [1.54, 1.807) is 24.3 Å². The van der Waals surface area contributed by atoms with E-state index in [2.05, 4.69) is 0 Å². The average molecular weight is 541 g/mol. The molecule has 37 heavy (non-hydrogen) atoms. The van der Waals surface area contributed by atoms with Gasteiger partial charge >= 0.3 is 11.9 Å². The molecule has 0 aromatic heterocycles. The second-order valence-corrected chi connectivity index (χ2v) is 9.47. The Labute approximate surface area is 222 Å². The Kier molecular flexibility index (Phi) is 7.62. The van der Waals surface area contributed by atoms with Crippen LogP contribution in [0.4, 0.5) is 8.78 Å². The SMILES string of the molecule is CC(C)(c1ccc(OC(=O)c2ccccc2F)c(Cl)c1)c1ccc(OC(=O)c2ccccc2F)c(Cl)c1. The summed E-state index contributed by atoms with van der Waals surface area (Å²) in [5.74, 6) is -2.94. The molecule has 0 saturated carbocycles. The Morgan fingerprint density at radius 1 is 0.649 bits per heavy atom. The van der Waals surface area contributed by atoms with Crippen LogP contribution in [0.1, 0.15) is 45.7 Å². The Bertz CT molecular complexity index is 1390. The van der Waals surface area contributed by atoms with Crippen LogP contribution in [0.3, 0.4) is 0 Å². The van der Waals surface area contributed by atoms with Crippen LogP contribution in [0.25, 0.3) is 0 Å². The van der Waals surface area contributed by atoms with E-state index in [4.69, 9.17) is 32.7 Å². The van der Waals surface area contributed by atoms with Gasteiger partial charge in [-0.25, -0.2) is 18.4 Å². The van der Waals surface area contributed by atoms with Crippen molar-refractivity contribution in [3.63, 3.8) is 0 Å². The molecule has 0 heterocycles. The van der Waals surface area contributed by atoms with Crippen molar-refractivity contribution in [2.24, 2.45) is 0 Å². The number of esters is 2. The molecule has 0 fully saturated rings. The van der Waals surface area contributed by atoms with Crippen LogP contribution in [-0.2, 0) is 5.41 Å². The zero-order valence-corrected chi connectivity index (χ0v) is 21.2. The molecule has 0 aliphatic carbocycles. The van der Waals surface area contributed by atoms with E-state index < -0.39 is 29.0 Å². The van der Waals surface area contributed by atoms with E-state index in [-0.39, 0.29) is 32.7 Å². The van der Waals surface area contributed by atoms with E-state index in [1.807, 2.05) is 13.8 Å². The topological polar surface area (TPSA) is 52.6 Å². The number of hydrogen-bond acceptors (Lipinski definition) is 4. The van der Waals surface area contributed by atoms with Crippen LogP contribution in [0.15, 0.2) is 84.9 Å². The van der Waals surface area contributed by atoms with Crippen LogP contribution >= 0.6 is 23.2 Å². The summed E-state index contributed by atoms with van der Waals surface area (Å²) in [5, 5.41) is 0.327. The van der Waals surface area contributed by atoms with Crippen molar-refractivity contribution in [3.05, 3.63) is 129 Å². The first kappa shape index (κ1) is 26.3. The van der Waals surface area contributed by atoms with Crippen molar-refractivity contribution in [1.29, 1.82) is 0 Å². The molecule has 0 bridgehead atoms. The minimum atomic E-state index is -0.862. The highest BCUT2D eigenvalue weighted by Crippen LogP contribution is 2.39. The first-order valence-corrected chi connectivity index (χ1v) is 11.9. The molecule has 0 spiro atoms. The quantitative estimate of drug-likeness (QED) is 0.183. The number of rotatable bonds is 6. The number of hydrogen-bond donors (Lipinski definition) is 0. The summed E-state index contributed by atoms with van der Waals surface area (Å²) in [6.07, 6.45) is 0. The Morgan fingerprint density at radius 2 is 1.03 bits per heavy atom. The molecule has 4 rings (SSSR count). The first-order valence-electron chi connectivity index (χ1n) is 11.1. The fourth-order valence-electron chi connectivity index (χ4n) is 3.67. The Balaban J connectivity index is 1.54. The van der Waals surface area contributed by atoms with Crippen LogP contribution in [0.2, 0.25) is 10.0 Å². The maximum atomic E-state index is 13.9. The second-order valence-electron chi connectivity index (χ2n) is 8.65. The van der Waals surface area contributed by atoms with Gasteiger partial charge in [0.05, 0.1) is 21.2 Å². The molecule has 4 nitrogen and oxygen atoms in total. The van der Waals surface area contributed by atoms with Crippen molar-refractivity contribution in [2.45, 2.75) is 19.3 Å². The second kappa shape index (κ2) is 10.7. The fraction of sp³-hybridized carbons (Fsp3) is 0.103. The smallest absolute Gasteiger partial charge is 0.346 e. The van der Waals surface area contributed by atoms with Gasteiger partial charge in [0.2, 0.25) is 0 Å². The molecule has 0 N–H and O–H groups in total. The monoisotopic (exact) mass is 540 g/mol. The van der Waals surface area contributed by atoms with Gasteiger partial charge in [0, 0.05) is 5.41 Å². The number of carbonyl (C=O) groups excluding carboxylic acids is 2. The summed E-state index contributed by atoms with van der Waals surface area (Å²) in [6.45, 7) is 3.86. The van der Waals surface area contributed by atoms with E-state index in [1.165, 1.54) is 60.7 Å². The Morgan fingerprint density at radius 3 is 1.38 bits per heavy atom. The third kappa shape index (κ3) is 5.66. The number of carbonyl (C=O) groups is 2. The molecular formula is C29H20Cl2F2O4. The summed E-state index contributed by atoms with van der Waals surface area (Å²) >= 11 is 12.8. The molecule has 4 aromatic carbocycles. The summed E-state index contributed by atoms with van der Waals surface area (Å²) in [6, 6.07) is 20.8. The van der Waals surface area contributed by atoms with E-state index in [9.17, 15) is 18.4 Å². The highest BCUT2D eigenvalue weighted by atomic mass is 35.5. The minimum Gasteiger partial charge on any atom is -0.421 e. The van der Waals surface area contributed by atoms with Gasteiger partial charge < -0.3 is 9.47 Å². The third-order valence-corrected chi connectivity index (χ3v) is 6.49. The van der Waals surface area contributed by atoms with Gasteiger partial charge in [-0.05, 0) is 59.7 Å². The fourth-order valence-corrected chi connectivity index (χ4v) is 4.11. The standard InChI is InChI=1S/C29H20Cl2F2O4/c1-29(2,17-11-13-25(21(30)15-17)36-27(34)19-7-3-5-9-23(19)32)18-12-14-26(22(31)16-18)37-28(35)20-8-4-6-10-24(20)33/h3-16H,1-2H3. The van der Waals surface area contributed by atoms with Crippen molar-refractivity contribution >= 4 is 35.1 Å². The van der Waals surface area contributed by atoms with Gasteiger partial charge in [0.1, 0.15) is 23.1 Å². The lowest BCUT2D eigenvalue weighted by molar-refractivity contribution is 0.0720. The van der Waals surface area contributed by atoms with Crippen molar-refractivity contribution in [3.8, 4) is 11.5 Å². The molecule has 0 aliphatic rings. The number of ether oxygens (including phenoxy) is 2. The van der Waals surface area contributed by atoms with E-state index in [0.717, 1.165) is 11.1 Å². The maximum absolute atomic E-state index is 13.9. The van der Waals surface area contributed by atoms with Crippen LogP contribution in [0, 0.1) is 11.6 Å². The van der Waals surface area contributed by atoms with Gasteiger partial charge in [-0.1, -0.05) is 73.4 Å². The van der Waals surface area contributed by atoms with Gasteiger partial charge in [0.15, 0.2) is 0 Å². The van der Waals surface area contributed by atoms with Crippen molar-refractivity contribution < 1.29 is 27.8 Å². The lowest BCUT2D eigenvalue weighted by Gasteiger charge is -2.27. The van der Waals surface area contributed by atoms with E-state index >= 15 is 0 Å². The minimum absolute atomic E-state index is 0.0860. The van der Waals surface area contributed by atoms with Crippen LogP contribution in [0.5, 0.6) is 11.5 Å². The predicted octanol–water partition coefficient (Wildman–Crippen LogP) is 8.04. The third-order valence-electron chi connectivity index (χ3n) is 5.90. The van der Waals surface area contributed by atoms with Crippen LogP contribution in [-0.4, -0.2) is 11.9 Å². The molecule has 0 saturated heterocycles. The van der Waals surface area contributed by atoms with E-state index in [0.29, 0.717) is 0 Å². The van der Waals surface area contributed by atoms with Crippen molar-refractivity contribution in [1.82, 2.24) is 0 Å². The first-order chi connectivity index (χ1) is 17.6. The largest absolute Gasteiger partial charge is 0.421 e. The normalized spacial score (nSPS) is 11.2. The Hall–Kier alpha value is -3.74. The zero-order chi connectivity index (χ0) is 26.7. The molecule has 0 aliphatic heterocycles. The van der Waals surface area contributed by atoms with Gasteiger partial charge in [-0.15, -0.1) is 0 Å². The molecule has 0 amide bonds. The van der Waals surface area contributed by atoms with Gasteiger partial charge in [-0.2, -0.15) is 0 Å². The highest BCUT2D eigenvalue weighted by Gasteiger charge is 2.26. The molecule has 8 heteroatoms. The molecule has 0 unspecified atom stereocenters. The molecular weight excluding hydrogens is 521 g/mol. The lowest BCUT2D eigenvalue weighted by Crippen LogP contribution is -2.19. The molecule has 188 valence electrons. The average Bonchev–Trinajstić information content (AvgIpc) is 2.86. The molecule has 4 aromatic rings. The summed E-state index contributed by atoms with van der Waals surface area (Å²) < 4.78 is 38.4. The predicted molar refractivity (Wildman–Crippen MR) is 138 cm³/mol.